The summed E-state index contributed by atoms with van der Waals surface area (Å²) in [6, 6.07) is 7.09. The second kappa shape index (κ2) is 10.0. The van der Waals surface area contributed by atoms with Gasteiger partial charge in [-0.05, 0) is 76.1 Å². The molecule has 0 bridgehead atoms. The average molecular weight is 389 g/mol. The number of piperidine rings is 1. The molecule has 7 heteroatoms. The molecule has 0 spiro atoms. The van der Waals surface area contributed by atoms with E-state index in [9.17, 15) is 9.59 Å². The number of anilines is 1. The Hall–Kier alpha value is -1.96. The predicted octanol–water partition coefficient (Wildman–Crippen LogP) is 1.47. The largest absolute Gasteiger partial charge is 0.384 e. The van der Waals surface area contributed by atoms with Crippen molar-refractivity contribution in [3.63, 3.8) is 0 Å². The van der Waals surface area contributed by atoms with Gasteiger partial charge in [-0.2, -0.15) is 0 Å². The van der Waals surface area contributed by atoms with E-state index in [-0.39, 0.29) is 11.8 Å². The molecule has 3 rings (SSSR count). The van der Waals surface area contributed by atoms with Gasteiger partial charge in [0.2, 0.25) is 5.91 Å². The minimum absolute atomic E-state index is 0.0151. The van der Waals surface area contributed by atoms with Gasteiger partial charge in [-0.25, -0.2) is 0 Å². The summed E-state index contributed by atoms with van der Waals surface area (Å²) < 4.78 is 5.32. The standard InChI is InChI=1S/C21H32N4O3/c1-28-16-21(8-10-22-11-9-21)20(27)24-18-6-4-17(5-7-18)19(26)23-12-15-25-13-2-3-14-25/h4-7,22H,2-3,8-16H2,1H3,(H,23,26)(H,24,27). The number of ether oxygens (including phenoxy) is 1. The van der Waals surface area contributed by atoms with E-state index in [1.165, 1.54) is 12.8 Å². The number of carbonyl (C=O) groups excluding carboxylic acids is 2. The summed E-state index contributed by atoms with van der Waals surface area (Å²) in [4.78, 5) is 27.5. The van der Waals surface area contributed by atoms with E-state index in [1.807, 2.05) is 0 Å². The van der Waals surface area contributed by atoms with Crippen LogP contribution in [0.4, 0.5) is 5.69 Å². The highest BCUT2D eigenvalue weighted by molar-refractivity contribution is 5.97. The van der Waals surface area contributed by atoms with Gasteiger partial charge in [0.15, 0.2) is 0 Å². The van der Waals surface area contributed by atoms with E-state index in [4.69, 9.17) is 4.74 Å². The molecule has 2 saturated heterocycles. The van der Waals surface area contributed by atoms with Crippen LogP contribution in [0.1, 0.15) is 36.0 Å². The molecule has 0 aliphatic carbocycles. The number of carbonyl (C=O) groups is 2. The van der Waals surface area contributed by atoms with Crippen LogP contribution in [0, 0.1) is 5.41 Å². The van der Waals surface area contributed by atoms with Crippen LogP contribution in [0.2, 0.25) is 0 Å². The molecule has 3 N–H and O–H groups in total. The Morgan fingerprint density at radius 1 is 1.14 bits per heavy atom. The Kier molecular flexibility index (Phi) is 7.42. The minimum atomic E-state index is -0.494. The maximum Gasteiger partial charge on any atom is 0.251 e. The van der Waals surface area contributed by atoms with Gasteiger partial charge in [0.1, 0.15) is 0 Å². The highest BCUT2D eigenvalue weighted by atomic mass is 16.5. The second-order valence-corrected chi connectivity index (χ2v) is 7.80. The summed E-state index contributed by atoms with van der Waals surface area (Å²) >= 11 is 0. The maximum atomic E-state index is 12.9. The van der Waals surface area contributed by atoms with Crippen LogP contribution >= 0.6 is 0 Å². The lowest BCUT2D eigenvalue weighted by atomic mass is 9.78. The molecule has 2 aliphatic rings. The van der Waals surface area contributed by atoms with Gasteiger partial charge in [-0.1, -0.05) is 0 Å². The van der Waals surface area contributed by atoms with Crippen molar-refractivity contribution in [2.75, 3.05) is 58.3 Å². The zero-order valence-corrected chi connectivity index (χ0v) is 16.8. The number of methoxy groups -OCH3 is 1. The minimum Gasteiger partial charge on any atom is -0.384 e. The van der Waals surface area contributed by atoms with E-state index in [0.29, 0.717) is 24.4 Å². The molecular formula is C21H32N4O3. The van der Waals surface area contributed by atoms with Crippen molar-refractivity contribution in [2.24, 2.45) is 5.41 Å². The molecule has 28 heavy (non-hydrogen) atoms. The second-order valence-electron chi connectivity index (χ2n) is 7.80. The number of hydrogen-bond acceptors (Lipinski definition) is 5. The van der Waals surface area contributed by atoms with E-state index in [2.05, 4.69) is 20.9 Å². The van der Waals surface area contributed by atoms with Gasteiger partial charge in [0.25, 0.3) is 5.91 Å². The summed E-state index contributed by atoms with van der Waals surface area (Å²) in [5.41, 5.74) is 0.812. The third-order valence-electron chi connectivity index (χ3n) is 5.78. The average Bonchev–Trinajstić information content (AvgIpc) is 3.23. The van der Waals surface area contributed by atoms with E-state index in [0.717, 1.165) is 45.6 Å². The molecule has 1 aromatic carbocycles. The van der Waals surface area contributed by atoms with Crippen LogP contribution in [0.3, 0.4) is 0 Å². The lowest BCUT2D eigenvalue weighted by Crippen LogP contribution is -2.47. The van der Waals surface area contributed by atoms with Crippen molar-refractivity contribution in [3.8, 4) is 0 Å². The first-order chi connectivity index (χ1) is 13.6. The number of likely N-dealkylation sites (tertiary alicyclic amines) is 1. The molecule has 7 nitrogen and oxygen atoms in total. The highest BCUT2D eigenvalue weighted by Gasteiger charge is 2.39. The van der Waals surface area contributed by atoms with Gasteiger partial charge in [-0.15, -0.1) is 0 Å². The fourth-order valence-corrected chi connectivity index (χ4v) is 4.02. The van der Waals surface area contributed by atoms with Crippen molar-refractivity contribution >= 4 is 17.5 Å². The summed E-state index contributed by atoms with van der Waals surface area (Å²) in [7, 11) is 1.63. The maximum absolute atomic E-state index is 12.9. The van der Waals surface area contributed by atoms with Crippen LogP contribution < -0.4 is 16.0 Å². The van der Waals surface area contributed by atoms with E-state index in [1.54, 1.807) is 31.4 Å². The Bertz CT molecular complexity index is 645. The lowest BCUT2D eigenvalue weighted by Gasteiger charge is -2.35. The van der Waals surface area contributed by atoms with Crippen LogP contribution in [0.15, 0.2) is 24.3 Å². The Labute approximate surface area is 167 Å². The predicted molar refractivity (Wildman–Crippen MR) is 109 cm³/mol. The third-order valence-corrected chi connectivity index (χ3v) is 5.78. The molecule has 0 atom stereocenters. The van der Waals surface area contributed by atoms with Crippen LogP contribution in [-0.4, -0.2) is 69.7 Å². The van der Waals surface area contributed by atoms with Crippen molar-refractivity contribution in [2.45, 2.75) is 25.7 Å². The first-order valence-electron chi connectivity index (χ1n) is 10.2. The van der Waals surface area contributed by atoms with Gasteiger partial charge in [0, 0.05) is 31.5 Å². The zero-order chi connectivity index (χ0) is 19.8. The number of benzene rings is 1. The van der Waals surface area contributed by atoms with Gasteiger partial charge >= 0.3 is 0 Å². The molecule has 0 radical (unpaired) electrons. The van der Waals surface area contributed by atoms with E-state index >= 15 is 0 Å². The first kappa shape index (κ1) is 20.8. The summed E-state index contributed by atoms with van der Waals surface area (Å²) in [6.07, 6.45) is 4.01. The quantitative estimate of drug-likeness (QED) is 0.628. The molecule has 2 heterocycles. The summed E-state index contributed by atoms with van der Waals surface area (Å²) in [6.45, 7) is 5.86. The number of nitrogens with zero attached hydrogens (tertiary/aromatic N) is 1. The fraction of sp³-hybridized carbons (Fsp3) is 0.619. The molecule has 0 saturated carbocycles. The molecule has 0 aromatic heterocycles. The van der Waals surface area contributed by atoms with Crippen molar-refractivity contribution < 1.29 is 14.3 Å². The molecule has 2 aliphatic heterocycles. The van der Waals surface area contributed by atoms with Crippen LogP contribution in [-0.2, 0) is 9.53 Å². The molecule has 2 amide bonds. The summed E-state index contributed by atoms with van der Waals surface area (Å²) in [5, 5.41) is 9.26. The fourth-order valence-electron chi connectivity index (χ4n) is 4.02. The molecule has 1 aromatic rings. The van der Waals surface area contributed by atoms with Gasteiger partial charge in [-0.3, -0.25) is 9.59 Å². The highest BCUT2D eigenvalue weighted by Crippen LogP contribution is 2.31. The zero-order valence-electron chi connectivity index (χ0n) is 16.8. The number of rotatable bonds is 8. The molecule has 2 fully saturated rings. The van der Waals surface area contributed by atoms with Crippen molar-refractivity contribution in [1.29, 1.82) is 0 Å². The third kappa shape index (κ3) is 5.31. The Morgan fingerprint density at radius 2 is 1.82 bits per heavy atom. The normalized spacial score (nSPS) is 19.3. The van der Waals surface area contributed by atoms with Crippen LogP contribution in [0.5, 0.6) is 0 Å². The number of amides is 2. The molecular weight excluding hydrogens is 356 g/mol. The smallest absolute Gasteiger partial charge is 0.251 e. The lowest BCUT2D eigenvalue weighted by molar-refractivity contribution is -0.130. The Morgan fingerprint density at radius 3 is 2.46 bits per heavy atom. The van der Waals surface area contributed by atoms with Crippen molar-refractivity contribution in [3.05, 3.63) is 29.8 Å². The van der Waals surface area contributed by atoms with Gasteiger partial charge in [0.05, 0.1) is 12.0 Å². The summed E-state index contributed by atoms with van der Waals surface area (Å²) in [5.74, 6) is -0.0926. The SMILES string of the molecule is COCC1(C(=O)Nc2ccc(C(=O)NCCN3CCCC3)cc2)CCNCC1. The van der Waals surface area contributed by atoms with Crippen LogP contribution in [0.25, 0.3) is 0 Å². The van der Waals surface area contributed by atoms with Gasteiger partial charge < -0.3 is 25.6 Å². The topological polar surface area (TPSA) is 82.7 Å². The van der Waals surface area contributed by atoms with E-state index < -0.39 is 5.41 Å². The monoisotopic (exact) mass is 388 g/mol. The van der Waals surface area contributed by atoms with Crippen molar-refractivity contribution in [1.82, 2.24) is 15.5 Å². The first-order valence-corrected chi connectivity index (χ1v) is 10.2. The molecule has 154 valence electrons. The number of nitrogens with one attached hydrogen (secondary N) is 3. The molecule has 0 unspecified atom stereocenters. The Balaban J connectivity index is 1.51. The number of hydrogen-bond donors (Lipinski definition) is 3.